The monoisotopic (exact) mass is 418 g/mol. The fourth-order valence-corrected chi connectivity index (χ4v) is 5.91. The van der Waals surface area contributed by atoms with E-state index in [1.807, 2.05) is 0 Å². The summed E-state index contributed by atoms with van der Waals surface area (Å²) in [6.45, 7) is 0. The molecule has 1 heteroatoms. The maximum absolute atomic E-state index is 2.34. The zero-order valence-corrected chi connectivity index (χ0v) is 18.5. The molecule has 0 radical (unpaired) electrons. The Morgan fingerprint density at radius 3 is 1.61 bits per heavy atom. The molecule has 0 fully saturated rings. The first-order valence-electron chi connectivity index (χ1n) is 10.8. The second kappa shape index (κ2) is 11.3. The van der Waals surface area contributed by atoms with Gasteiger partial charge < -0.3 is 0 Å². The van der Waals surface area contributed by atoms with Crippen LogP contribution in [0.2, 0.25) is 0 Å². The molecule has 0 aliphatic heterocycles. The number of hydrogen-bond acceptors (Lipinski definition) is 0. The first kappa shape index (κ1) is 21.0. The highest BCUT2D eigenvalue weighted by atomic mass is 31.1. The zero-order chi connectivity index (χ0) is 21.1. The second-order valence-corrected chi connectivity index (χ2v) is 9.73. The van der Waals surface area contributed by atoms with Crippen LogP contribution in [-0.2, 0) is 0 Å². The molecular formula is C30H27P. The molecule has 0 N–H and O–H groups in total. The minimum absolute atomic E-state index is 0.355. The van der Waals surface area contributed by atoms with Crippen LogP contribution in [0.4, 0.5) is 0 Å². The van der Waals surface area contributed by atoms with E-state index in [1.54, 1.807) is 0 Å². The van der Waals surface area contributed by atoms with Crippen LogP contribution < -0.4 is 10.6 Å². The summed E-state index contributed by atoms with van der Waals surface area (Å²) in [5, 5.41) is 2.89. The van der Waals surface area contributed by atoms with E-state index in [-0.39, 0.29) is 7.92 Å². The van der Waals surface area contributed by atoms with Gasteiger partial charge >= 0.3 is 0 Å². The number of allylic oxidation sites excluding steroid dienone is 3. The van der Waals surface area contributed by atoms with Gasteiger partial charge in [-0.3, -0.25) is 0 Å². The fourth-order valence-electron chi connectivity index (χ4n) is 3.62. The molecule has 0 atom stereocenters. The van der Waals surface area contributed by atoms with Crippen LogP contribution >= 0.6 is 7.92 Å². The maximum Gasteiger partial charge on any atom is -0.0181 e. The standard InChI is InChI=1S/C30H27P/c1-5-15-26(16-6-1)25-28(27-17-7-2-8-18-27)19-13-14-24-31(29-20-9-3-10-21-29)30-22-11-4-12-23-30/h1-13,15-23,25H,14,24H2/b19-13-,28-25-. The lowest BCUT2D eigenvalue weighted by Crippen LogP contribution is -2.13. The summed E-state index contributed by atoms with van der Waals surface area (Å²) in [5.41, 5.74) is 3.72. The molecule has 31 heavy (non-hydrogen) atoms. The predicted molar refractivity (Wildman–Crippen MR) is 138 cm³/mol. The highest BCUT2D eigenvalue weighted by Gasteiger charge is 2.12. The Labute approximate surface area is 187 Å². The van der Waals surface area contributed by atoms with Gasteiger partial charge in [-0.05, 0) is 53.9 Å². The van der Waals surface area contributed by atoms with Crippen molar-refractivity contribution in [2.24, 2.45) is 0 Å². The molecular weight excluding hydrogens is 391 g/mol. The third-order valence-electron chi connectivity index (χ3n) is 5.18. The van der Waals surface area contributed by atoms with Gasteiger partial charge in [-0.25, -0.2) is 0 Å². The minimum atomic E-state index is -0.355. The minimum Gasteiger partial charge on any atom is -0.0835 e. The Balaban J connectivity index is 1.53. The first-order chi connectivity index (χ1) is 15.4. The van der Waals surface area contributed by atoms with Crippen molar-refractivity contribution in [1.29, 1.82) is 0 Å². The average Bonchev–Trinajstić information content (AvgIpc) is 2.85. The van der Waals surface area contributed by atoms with Crippen LogP contribution in [0.25, 0.3) is 11.6 Å². The molecule has 0 aromatic heterocycles. The molecule has 0 saturated carbocycles. The summed E-state index contributed by atoms with van der Waals surface area (Å²) in [7, 11) is -0.355. The Kier molecular flexibility index (Phi) is 7.64. The molecule has 0 aliphatic carbocycles. The largest absolute Gasteiger partial charge is 0.0835 e. The van der Waals surface area contributed by atoms with E-state index in [9.17, 15) is 0 Å². The molecule has 0 unspecified atom stereocenters. The number of benzene rings is 4. The van der Waals surface area contributed by atoms with Crippen LogP contribution in [0.5, 0.6) is 0 Å². The van der Waals surface area contributed by atoms with Gasteiger partial charge in [-0.1, -0.05) is 133 Å². The fraction of sp³-hybridized carbons (Fsp3) is 0.0667. The summed E-state index contributed by atoms with van der Waals surface area (Å²) in [6, 6.07) is 43.1. The van der Waals surface area contributed by atoms with Crippen LogP contribution in [0, 0.1) is 0 Å². The Bertz CT molecular complexity index is 1060. The van der Waals surface area contributed by atoms with Crippen molar-refractivity contribution in [3.8, 4) is 0 Å². The van der Waals surface area contributed by atoms with Gasteiger partial charge in [-0.2, -0.15) is 0 Å². The van der Waals surface area contributed by atoms with E-state index >= 15 is 0 Å². The lowest BCUT2D eigenvalue weighted by Gasteiger charge is -2.18. The van der Waals surface area contributed by atoms with Crippen molar-refractivity contribution in [3.05, 3.63) is 145 Å². The predicted octanol–water partition coefficient (Wildman–Crippen LogP) is 7.31. The Morgan fingerprint density at radius 2 is 1.06 bits per heavy atom. The van der Waals surface area contributed by atoms with E-state index in [2.05, 4.69) is 140 Å². The molecule has 4 rings (SSSR count). The quantitative estimate of drug-likeness (QED) is 0.160. The van der Waals surface area contributed by atoms with Gasteiger partial charge in [-0.15, -0.1) is 0 Å². The molecule has 0 saturated heterocycles. The smallest absolute Gasteiger partial charge is 0.0181 e. The van der Waals surface area contributed by atoms with Crippen LogP contribution in [-0.4, -0.2) is 6.16 Å². The van der Waals surface area contributed by atoms with Gasteiger partial charge in [0.25, 0.3) is 0 Å². The number of rotatable bonds is 8. The molecule has 0 amide bonds. The van der Waals surface area contributed by atoms with Gasteiger partial charge in [0.05, 0.1) is 0 Å². The summed E-state index contributed by atoms with van der Waals surface area (Å²) < 4.78 is 0. The van der Waals surface area contributed by atoms with Gasteiger partial charge in [0.2, 0.25) is 0 Å². The molecule has 0 heterocycles. The normalized spacial score (nSPS) is 11.8. The van der Waals surface area contributed by atoms with Crippen molar-refractivity contribution in [1.82, 2.24) is 0 Å². The Hall–Kier alpha value is -3.21. The van der Waals surface area contributed by atoms with Crippen molar-refractivity contribution in [2.75, 3.05) is 6.16 Å². The maximum atomic E-state index is 2.34. The van der Waals surface area contributed by atoms with Gasteiger partial charge in [0.15, 0.2) is 0 Å². The lowest BCUT2D eigenvalue weighted by molar-refractivity contribution is 1.24. The molecule has 4 aromatic carbocycles. The second-order valence-electron chi connectivity index (χ2n) is 7.39. The first-order valence-corrected chi connectivity index (χ1v) is 12.3. The van der Waals surface area contributed by atoms with Gasteiger partial charge in [0.1, 0.15) is 0 Å². The van der Waals surface area contributed by atoms with E-state index in [1.165, 1.54) is 27.3 Å². The third kappa shape index (κ3) is 6.14. The average molecular weight is 419 g/mol. The summed E-state index contributed by atoms with van der Waals surface area (Å²) >= 11 is 0. The number of hydrogen-bond donors (Lipinski definition) is 0. The third-order valence-corrected chi connectivity index (χ3v) is 7.73. The van der Waals surface area contributed by atoms with Crippen molar-refractivity contribution >= 4 is 30.2 Å². The molecule has 152 valence electrons. The topological polar surface area (TPSA) is 0 Å². The van der Waals surface area contributed by atoms with E-state index in [4.69, 9.17) is 0 Å². The highest BCUT2D eigenvalue weighted by molar-refractivity contribution is 7.73. The molecule has 0 nitrogen and oxygen atoms in total. The molecule has 0 bridgehead atoms. The zero-order valence-electron chi connectivity index (χ0n) is 17.6. The molecule has 0 spiro atoms. The van der Waals surface area contributed by atoms with Gasteiger partial charge in [0, 0.05) is 0 Å². The van der Waals surface area contributed by atoms with E-state index < -0.39 is 0 Å². The van der Waals surface area contributed by atoms with Crippen LogP contribution in [0.15, 0.2) is 133 Å². The summed E-state index contributed by atoms with van der Waals surface area (Å²) in [5.74, 6) is 0. The summed E-state index contributed by atoms with van der Waals surface area (Å²) in [6.07, 6.45) is 9.08. The van der Waals surface area contributed by atoms with E-state index in [0.717, 1.165) is 12.6 Å². The van der Waals surface area contributed by atoms with Crippen LogP contribution in [0.1, 0.15) is 17.5 Å². The van der Waals surface area contributed by atoms with Crippen molar-refractivity contribution in [2.45, 2.75) is 6.42 Å². The Morgan fingerprint density at radius 1 is 0.581 bits per heavy atom. The van der Waals surface area contributed by atoms with E-state index in [0.29, 0.717) is 0 Å². The van der Waals surface area contributed by atoms with Crippen molar-refractivity contribution < 1.29 is 0 Å². The molecule has 4 aromatic rings. The van der Waals surface area contributed by atoms with Crippen molar-refractivity contribution in [3.63, 3.8) is 0 Å². The summed E-state index contributed by atoms with van der Waals surface area (Å²) in [4.78, 5) is 0. The highest BCUT2D eigenvalue weighted by Crippen LogP contribution is 2.34. The molecule has 0 aliphatic rings. The van der Waals surface area contributed by atoms with Crippen LogP contribution in [0.3, 0.4) is 0 Å². The SMILES string of the molecule is C(=C/C(=C/c1ccccc1)c1ccccc1)/CCP(c1ccccc1)c1ccccc1. The lowest BCUT2D eigenvalue weighted by atomic mass is 10.0.